The first kappa shape index (κ1) is 26.7. The largest absolute Gasteiger partial charge is 0.507 e. The Bertz CT molecular complexity index is 1050. The number of nitrogens with one attached hydrogen (secondary N) is 1. The molecule has 3 rings (SSSR count). The topological polar surface area (TPSA) is 35.5 Å². The molecule has 2 N–H and O–H groups in total. The summed E-state index contributed by atoms with van der Waals surface area (Å²) in [5, 5.41) is 14.6. The standard InChI is InChI=1S/C32H44N2O/c1-23(2)18-19-34(27-16-14-26(15-17-27)33-25-12-10-9-11-13-25)22-24-20-28(31(3,4)5)30(35)29(21-24)32(6,7)8/h9-17,20-21,23,33,35H,18-19,22H2,1-8H3. The van der Waals surface area contributed by atoms with Crippen LogP contribution in [-0.4, -0.2) is 11.7 Å². The summed E-state index contributed by atoms with van der Waals surface area (Å²) < 4.78 is 0. The normalized spacial score (nSPS) is 12.1. The summed E-state index contributed by atoms with van der Waals surface area (Å²) in [5.41, 5.74) is 6.40. The van der Waals surface area contributed by atoms with Gasteiger partial charge in [-0.15, -0.1) is 0 Å². The second kappa shape index (κ2) is 10.8. The van der Waals surface area contributed by atoms with Crippen LogP contribution in [0.4, 0.5) is 17.1 Å². The van der Waals surface area contributed by atoms with Crippen LogP contribution in [0.3, 0.4) is 0 Å². The van der Waals surface area contributed by atoms with Crippen LogP contribution in [0.5, 0.6) is 5.75 Å². The average molecular weight is 473 g/mol. The van der Waals surface area contributed by atoms with Gasteiger partial charge in [0.05, 0.1) is 0 Å². The number of aromatic hydroxyl groups is 1. The Labute approximate surface area is 213 Å². The van der Waals surface area contributed by atoms with E-state index in [1.54, 1.807) is 0 Å². The highest BCUT2D eigenvalue weighted by Gasteiger charge is 2.27. The number of benzene rings is 3. The van der Waals surface area contributed by atoms with Crippen molar-refractivity contribution in [2.75, 3.05) is 16.8 Å². The van der Waals surface area contributed by atoms with Crippen molar-refractivity contribution in [1.29, 1.82) is 0 Å². The molecule has 0 aromatic heterocycles. The second-order valence-corrected chi connectivity index (χ2v) is 12.2. The van der Waals surface area contributed by atoms with Crippen LogP contribution in [-0.2, 0) is 17.4 Å². The highest BCUT2D eigenvalue weighted by atomic mass is 16.3. The SMILES string of the molecule is CC(C)CCN(Cc1cc(C(C)(C)C)c(O)c(C(C)(C)C)c1)c1ccc(Nc2ccccc2)cc1. The first-order valence-corrected chi connectivity index (χ1v) is 12.9. The molecule has 0 saturated heterocycles. The third-order valence-corrected chi connectivity index (χ3v) is 6.43. The number of hydrogen-bond acceptors (Lipinski definition) is 3. The average Bonchev–Trinajstić information content (AvgIpc) is 2.77. The van der Waals surface area contributed by atoms with E-state index in [0.717, 1.165) is 42.0 Å². The molecule has 0 aliphatic carbocycles. The Morgan fingerprint density at radius 1 is 0.771 bits per heavy atom. The third kappa shape index (κ3) is 7.27. The molecular formula is C32H44N2O. The van der Waals surface area contributed by atoms with Crippen LogP contribution in [0.15, 0.2) is 66.7 Å². The van der Waals surface area contributed by atoms with Gasteiger partial charge in [0.15, 0.2) is 0 Å². The van der Waals surface area contributed by atoms with Gasteiger partial charge in [-0.3, -0.25) is 0 Å². The lowest BCUT2D eigenvalue weighted by atomic mass is 9.78. The summed E-state index contributed by atoms with van der Waals surface area (Å²) in [5.74, 6) is 1.07. The fourth-order valence-electron chi connectivity index (χ4n) is 4.31. The summed E-state index contributed by atoms with van der Waals surface area (Å²) in [6, 6.07) is 23.4. The molecule has 0 saturated carbocycles. The lowest BCUT2D eigenvalue weighted by Crippen LogP contribution is -2.26. The van der Waals surface area contributed by atoms with Gasteiger partial charge in [-0.1, -0.05) is 73.6 Å². The maximum atomic E-state index is 11.1. The van der Waals surface area contributed by atoms with E-state index in [9.17, 15) is 5.11 Å². The molecule has 0 bridgehead atoms. The smallest absolute Gasteiger partial charge is 0.123 e. The molecule has 0 aliphatic heterocycles. The minimum atomic E-state index is -0.131. The van der Waals surface area contributed by atoms with E-state index < -0.39 is 0 Å². The minimum Gasteiger partial charge on any atom is -0.507 e. The van der Waals surface area contributed by atoms with Gasteiger partial charge >= 0.3 is 0 Å². The Kier molecular flexibility index (Phi) is 8.20. The highest BCUT2D eigenvalue weighted by Crippen LogP contribution is 2.40. The van der Waals surface area contributed by atoms with E-state index in [1.165, 1.54) is 11.3 Å². The fraction of sp³-hybridized carbons (Fsp3) is 0.438. The zero-order chi connectivity index (χ0) is 25.8. The molecule has 0 spiro atoms. The lowest BCUT2D eigenvalue weighted by Gasteiger charge is -2.31. The highest BCUT2D eigenvalue weighted by molar-refractivity contribution is 5.63. The number of phenolic OH excluding ortho intramolecular Hbond substituents is 1. The van der Waals surface area contributed by atoms with Crippen molar-refractivity contribution in [3.63, 3.8) is 0 Å². The van der Waals surface area contributed by atoms with Crippen molar-refractivity contribution in [2.24, 2.45) is 5.92 Å². The molecule has 188 valence electrons. The first-order chi connectivity index (χ1) is 16.3. The fourth-order valence-corrected chi connectivity index (χ4v) is 4.31. The Morgan fingerprint density at radius 2 is 1.29 bits per heavy atom. The maximum Gasteiger partial charge on any atom is 0.123 e. The van der Waals surface area contributed by atoms with Crippen LogP contribution in [0.25, 0.3) is 0 Å². The summed E-state index contributed by atoms with van der Waals surface area (Å²) in [6.07, 6.45) is 1.13. The number of nitrogens with zero attached hydrogens (tertiary/aromatic N) is 1. The molecular weight excluding hydrogens is 428 g/mol. The van der Waals surface area contributed by atoms with Gasteiger partial charge < -0.3 is 15.3 Å². The quantitative estimate of drug-likeness (QED) is 0.344. The van der Waals surface area contributed by atoms with E-state index in [-0.39, 0.29) is 10.8 Å². The number of hydrogen-bond donors (Lipinski definition) is 2. The Balaban J connectivity index is 1.93. The predicted molar refractivity (Wildman–Crippen MR) is 152 cm³/mol. The molecule has 0 radical (unpaired) electrons. The molecule has 3 aromatic carbocycles. The van der Waals surface area contributed by atoms with E-state index in [1.807, 2.05) is 18.2 Å². The molecule has 0 amide bonds. The molecule has 35 heavy (non-hydrogen) atoms. The van der Waals surface area contributed by atoms with Crippen LogP contribution in [0.1, 0.15) is 78.5 Å². The van der Waals surface area contributed by atoms with Crippen molar-refractivity contribution in [2.45, 2.75) is 79.2 Å². The van der Waals surface area contributed by atoms with Gasteiger partial charge in [0.1, 0.15) is 5.75 Å². The van der Waals surface area contributed by atoms with Crippen LogP contribution in [0, 0.1) is 5.92 Å². The summed E-state index contributed by atoms with van der Waals surface area (Å²) in [4.78, 5) is 2.47. The van der Waals surface area contributed by atoms with Gasteiger partial charge in [0.25, 0.3) is 0 Å². The molecule has 0 aliphatic rings. The molecule has 3 heteroatoms. The van der Waals surface area contributed by atoms with Gasteiger partial charge in [-0.25, -0.2) is 0 Å². The molecule has 0 atom stereocenters. The van der Waals surface area contributed by atoms with E-state index in [4.69, 9.17) is 0 Å². The van der Waals surface area contributed by atoms with E-state index >= 15 is 0 Å². The number of rotatable bonds is 8. The summed E-state index contributed by atoms with van der Waals surface area (Å²) in [7, 11) is 0. The van der Waals surface area contributed by atoms with Crippen molar-refractivity contribution in [3.05, 3.63) is 83.4 Å². The monoisotopic (exact) mass is 472 g/mol. The third-order valence-electron chi connectivity index (χ3n) is 6.43. The van der Waals surface area contributed by atoms with Crippen LogP contribution in [0.2, 0.25) is 0 Å². The van der Waals surface area contributed by atoms with Gasteiger partial charge in [0, 0.05) is 30.2 Å². The molecule has 0 fully saturated rings. The lowest BCUT2D eigenvalue weighted by molar-refractivity contribution is 0.422. The van der Waals surface area contributed by atoms with Crippen molar-refractivity contribution < 1.29 is 5.11 Å². The number of phenols is 1. The molecule has 3 nitrogen and oxygen atoms in total. The number of anilines is 3. The second-order valence-electron chi connectivity index (χ2n) is 12.2. The molecule has 0 unspecified atom stereocenters. The Hall–Kier alpha value is -2.94. The zero-order valence-corrected chi connectivity index (χ0v) is 22.9. The van der Waals surface area contributed by atoms with Crippen LogP contribution < -0.4 is 10.2 Å². The van der Waals surface area contributed by atoms with Gasteiger partial charge in [-0.2, -0.15) is 0 Å². The van der Waals surface area contributed by atoms with Crippen molar-refractivity contribution in [3.8, 4) is 5.75 Å². The number of para-hydroxylation sites is 1. The Morgan fingerprint density at radius 3 is 1.77 bits per heavy atom. The van der Waals surface area contributed by atoms with Gasteiger partial charge in [-0.05, 0) is 88.4 Å². The maximum absolute atomic E-state index is 11.1. The predicted octanol–water partition coefficient (Wildman–Crippen LogP) is 8.78. The van der Waals surface area contributed by atoms with Crippen LogP contribution >= 0.6 is 0 Å². The first-order valence-electron chi connectivity index (χ1n) is 12.9. The molecule has 3 aromatic rings. The zero-order valence-electron chi connectivity index (χ0n) is 22.9. The summed E-state index contributed by atoms with van der Waals surface area (Å²) >= 11 is 0. The van der Waals surface area contributed by atoms with E-state index in [0.29, 0.717) is 11.7 Å². The summed E-state index contributed by atoms with van der Waals surface area (Å²) in [6.45, 7) is 19.4. The van der Waals surface area contributed by atoms with Crippen molar-refractivity contribution >= 4 is 17.1 Å². The molecule has 0 heterocycles. The van der Waals surface area contributed by atoms with Gasteiger partial charge in [0.2, 0.25) is 0 Å². The van der Waals surface area contributed by atoms with Crippen molar-refractivity contribution in [1.82, 2.24) is 0 Å². The van der Waals surface area contributed by atoms with E-state index in [2.05, 4.69) is 114 Å². The minimum absolute atomic E-state index is 0.131.